The van der Waals surface area contributed by atoms with Crippen LogP contribution >= 0.6 is 35.0 Å². The van der Waals surface area contributed by atoms with Gasteiger partial charge >= 0.3 is 0 Å². The van der Waals surface area contributed by atoms with Crippen molar-refractivity contribution in [3.05, 3.63) is 57.0 Å². The van der Waals surface area contributed by atoms with Crippen molar-refractivity contribution >= 4 is 40.9 Å². The van der Waals surface area contributed by atoms with Crippen molar-refractivity contribution < 1.29 is 9.53 Å². The van der Waals surface area contributed by atoms with Crippen LogP contribution in [-0.2, 0) is 4.79 Å². The molecule has 0 spiro atoms. The van der Waals surface area contributed by atoms with Crippen LogP contribution in [0, 0.1) is 0 Å². The van der Waals surface area contributed by atoms with E-state index in [0.29, 0.717) is 22.4 Å². The average Bonchev–Trinajstić information content (AvgIpc) is 2.75. The third-order valence-corrected chi connectivity index (χ3v) is 6.05. The molecule has 6 heteroatoms. The zero-order chi connectivity index (χ0) is 20.0. The number of carbonyl (C=O) groups excluding carboxylic acids is 1. The number of thioether (sulfide) groups is 1. The SMILES string of the molecule is CCCC(=O)NC1C=CC(Cl)=C(Sc2ccc(OC)c(C(C)C)c2)C(Cl)=C1. The number of halogens is 2. The summed E-state index contributed by atoms with van der Waals surface area (Å²) >= 11 is 14.5. The molecule has 0 fully saturated rings. The smallest absolute Gasteiger partial charge is 0.220 e. The topological polar surface area (TPSA) is 38.3 Å². The van der Waals surface area contributed by atoms with Crippen molar-refractivity contribution in [1.82, 2.24) is 5.32 Å². The van der Waals surface area contributed by atoms with Crippen LogP contribution in [-0.4, -0.2) is 19.1 Å². The van der Waals surface area contributed by atoms with Crippen LogP contribution in [0.5, 0.6) is 5.75 Å². The van der Waals surface area contributed by atoms with Gasteiger partial charge in [-0.3, -0.25) is 4.79 Å². The normalized spacial score (nSPS) is 17.0. The van der Waals surface area contributed by atoms with Crippen molar-refractivity contribution in [3.8, 4) is 5.75 Å². The number of methoxy groups -OCH3 is 1. The molecule has 1 aromatic rings. The van der Waals surface area contributed by atoms with Gasteiger partial charge in [0.1, 0.15) is 5.75 Å². The Kier molecular flexibility index (Phi) is 8.33. The van der Waals surface area contributed by atoms with E-state index < -0.39 is 0 Å². The summed E-state index contributed by atoms with van der Waals surface area (Å²) in [6.07, 6.45) is 6.74. The van der Waals surface area contributed by atoms with Gasteiger partial charge in [0.25, 0.3) is 0 Å². The second-order valence-corrected chi connectivity index (χ2v) is 8.45. The Morgan fingerprint density at radius 1 is 1.33 bits per heavy atom. The van der Waals surface area contributed by atoms with E-state index >= 15 is 0 Å². The molecule has 0 saturated heterocycles. The van der Waals surface area contributed by atoms with Crippen molar-refractivity contribution in [1.29, 1.82) is 0 Å². The maximum Gasteiger partial charge on any atom is 0.220 e. The van der Waals surface area contributed by atoms with Gasteiger partial charge in [-0.25, -0.2) is 0 Å². The van der Waals surface area contributed by atoms with Crippen molar-refractivity contribution in [3.63, 3.8) is 0 Å². The maximum absolute atomic E-state index is 11.9. The summed E-state index contributed by atoms with van der Waals surface area (Å²) in [5.74, 6) is 1.20. The summed E-state index contributed by atoms with van der Waals surface area (Å²) in [5, 5.41) is 4.01. The van der Waals surface area contributed by atoms with Gasteiger partial charge in [0.15, 0.2) is 0 Å². The van der Waals surface area contributed by atoms with Crippen LogP contribution in [0.2, 0.25) is 0 Å². The fraction of sp³-hybridized carbons (Fsp3) is 0.381. The second kappa shape index (κ2) is 10.3. The number of allylic oxidation sites excluding steroid dienone is 3. The molecule has 1 aromatic carbocycles. The largest absolute Gasteiger partial charge is 0.496 e. The number of nitrogens with one attached hydrogen (secondary N) is 1. The van der Waals surface area contributed by atoms with E-state index in [9.17, 15) is 4.79 Å². The standard InChI is InChI=1S/C21H25Cl2NO2S/c1-5-6-20(25)24-14-7-9-17(22)21(18(23)11-14)27-15-8-10-19(26-4)16(12-15)13(2)3/h7-14H,5-6H2,1-4H3,(H,24,25). The van der Waals surface area contributed by atoms with Crippen LogP contribution in [0.1, 0.15) is 45.1 Å². The van der Waals surface area contributed by atoms with Gasteiger partial charge in [-0.1, -0.05) is 61.8 Å². The van der Waals surface area contributed by atoms with E-state index in [1.54, 1.807) is 13.2 Å². The molecule has 1 N–H and O–H groups in total. The Balaban J connectivity index is 2.24. The molecule has 27 heavy (non-hydrogen) atoms. The second-order valence-electron chi connectivity index (χ2n) is 6.55. The fourth-order valence-electron chi connectivity index (χ4n) is 2.68. The van der Waals surface area contributed by atoms with Gasteiger partial charge in [0.05, 0.1) is 23.2 Å². The highest BCUT2D eigenvalue weighted by Gasteiger charge is 2.17. The summed E-state index contributed by atoms with van der Waals surface area (Å²) < 4.78 is 5.45. The predicted octanol–water partition coefficient (Wildman–Crippen LogP) is 6.34. The van der Waals surface area contributed by atoms with E-state index in [0.717, 1.165) is 27.5 Å². The zero-order valence-corrected chi connectivity index (χ0v) is 18.3. The molecule has 0 bridgehead atoms. The summed E-state index contributed by atoms with van der Waals surface area (Å²) in [4.78, 5) is 13.7. The van der Waals surface area contributed by atoms with Gasteiger partial charge < -0.3 is 10.1 Å². The molecule has 146 valence electrons. The highest BCUT2D eigenvalue weighted by atomic mass is 35.5. The minimum absolute atomic E-state index is 0.00294. The lowest BCUT2D eigenvalue weighted by Crippen LogP contribution is -2.31. The number of amides is 1. The van der Waals surface area contributed by atoms with Gasteiger partial charge in [0, 0.05) is 16.2 Å². The Bertz CT molecular complexity index is 784. The Morgan fingerprint density at radius 2 is 2.07 bits per heavy atom. The monoisotopic (exact) mass is 425 g/mol. The first-order chi connectivity index (χ1) is 12.8. The molecule has 1 aliphatic rings. The van der Waals surface area contributed by atoms with E-state index in [1.807, 2.05) is 31.2 Å². The average molecular weight is 426 g/mol. The number of carbonyl (C=O) groups is 1. The van der Waals surface area contributed by atoms with Crippen molar-refractivity contribution in [2.24, 2.45) is 0 Å². The third kappa shape index (κ3) is 6.06. The van der Waals surface area contributed by atoms with Crippen LogP contribution in [0.15, 0.2) is 56.3 Å². The molecule has 0 radical (unpaired) electrons. The molecule has 0 aromatic heterocycles. The van der Waals surface area contributed by atoms with Gasteiger partial charge in [-0.2, -0.15) is 0 Å². The van der Waals surface area contributed by atoms with Gasteiger partial charge in [-0.15, -0.1) is 0 Å². The molecule has 1 unspecified atom stereocenters. The molecule has 1 atom stereocenters. The first-order valence-electron chi connectivity index (χ1n) is 8.96. The number of ether oxygens (including phenoxy) is 1. The number of hydrogen-bond donors (Lipinski definition) is 1. The predicted molar refractivity (Wildman–Crippen MR) is 116 cm³/mol. The first-order valence-corrected chi connectivity index (χ1v) is 10.5. The van der Waals surface area contributed by atoms with Gasteiger partial charge in [-0.05, 0) is 48.3 Å². The maximum atomic E-state index is 11.9. The van der Waals surface area contributed by atoms with Crippen molar-refractivity contribution in [2.45, 2.75) is 50.5 Å². The Hall–Kier alpha value is -1.36. The third-order valence-electron chi connectivity index (χ3n) is 4.06. The summed E-state index contributed by atoms with van der Waals surface area (Å²) in [5.41, 5.74) is 1.13. The fourth-order valence-corrected chi connectivity index (χ4v) is 4.26. The Morgan fingerprint density at radius 3 is 2.70 bits per heavy atom. The van der Waals surface area contributed by atoms with E-state index in [4.69, 9.17) is 27.9 Å². The highest BCUT2D eigenvalue weighted by Crippen LogP contribution is 2.41. The zero-order valence-electron chi connectivity index (χ0n) is 16.0. The molecule has 1 amide bonds. The van der Waals surface area contributed by atoms with E-state index in [-0.39, 0.29) is 11.9 Å². The lowest BCUT2D eigenvalue weighted by atomic mass is 10.0. The van der Waals surface area contributed by atoms with Crippen LogP contribution < -0.4 is 10.1 Å². The highest BCUT2D eigenvalue weighted by molar-refractivity contribution is 8.03. The first kappa shape index (κ1) is 21.9. The summed E-state index contributed by atoms with van der Waals surface area (Å²) in [7, 11) is 1.68. The van der Waals surface area contributed by atoms with Crippen LogP contribution in [0.4, 0.5) is 0 Å². The molecular formula is C21H25Cl2NO2S. The van der Waals surface area contributed by atoms with E-state index in [2.05, 4.69) is 25.2 Å². The summed E-state index contributed by atoms with van der Waals surface area (Å²) in [6, 6.07) is 5.78. The number of hydrogen-bond acceptors (Lipinski definition) is 3. The number of benzene rings is 1. The Labute approximate surface area is 175 Å². The minimum Gasteiger partial charge on any atom is -0.496 e. The van der Waals surface area contributed by atoms with Crippen LogP contribution in [0.3, 0.4) is 0 Å². The van der Waals surface area contributed by atoms with Crippen LogP contribution in [0.25, 0.3) is 0 Å². The van der Waals surface area contributed by atoms with Gasteiger partial charge in [0.2, 0.25) is 5.91 Å². The van der Waals surface area contributed by atoms with E-state index in [1.165, 1.54) is 11.8 Å². The quantitative estimate of drug-likeness (QED) is 0.553. The summed E-state index contributed by atoms with van der Waals surface area (Å²) in [6.45, 7) is 6.23. The number of rotatable bonds is 7. The molecule has 0 aliphatic heterocycles. The van der Waals surface area contributed by atoms with Crippen molar-refractivity contribution in [2.75, 3.05) is 7.11 Å². The molecule has 2 rings (SSSR count). The lowest BCUT2D eigenvalue weighted by molar-refractivity contribution is -0.121. The lowest BCUT2D eigenvalue weighted by Gasteiger charge is -2.14. The molecule has 3 nitrogen and oxygen atoms in total. The molecule has 0 saturated carbocycles. The molecular weight excluding hydrogens is 401 g/mol. The molecule has 0 heterocycles. The molecule has 1 aliphatic carbocycles. The minimum atomic E-state index is -0.273.